The Balaban J connectivity index is 1.98. The fourth-order valence-corrected chi connectivity index (χ4v) is 1.91. The Hall–Kier alpha value is -2.51. The first-order valence-electron chi connectivity index (χ1n) is 6.68. The van der Waals surface area contributed by atoms with Crippen LogP contribution in [-0.2, 0) is 13.6 Å². The van der Waals surface area contributed by atoms with Crippen molar-refractivity contribution in [3.63, 3.8) is 0 Å². The zero-order chi connectivity index (χ0) is 16.3. The van der Waals surface area contributed by atoms with Crippen LogP contribution in [0.25, 0.3) is 0 Å². The third-order valence-corrected chi connectivity index (χ3v) is 3.31. The second-order valence-corrected chi connectivity index (χ2v) is 5.00. The van der Waals surface area contributed by atoms with Crippen LogP contribution in [0.3, 0.4) is 0 Å². The number of benzene rings is 1. The van der Waals surface area contributed by atoms with Gasteiger partial charge in [-0.1, -0.05) is 6.07 Å². The zero-order valence-electron chi connectivity index (χ0n) is 12.5. The molecular weight excluding hydrogens is 292 g/mol. The highest BCUT2D eigenvalue weighted by Gasteiger charge is 2.16. The number of nitrogens with one attached hydrogen (secondary N) is 1. The third-order valence-electron chi connectivity index (χ3n) is 3.31. The zero-order valence-corrected chi connectivity index (χ0v) is 12.5. The number of carbonyl (C=O) groups is 1. The van der Waals surface area contributed by atoms with Crippen LogP contribution < -0.4 is 5.32 Å². The van der Waals surface area contributed by atoms with Gasteiger partial charge in [-0.05, 0) is 24.6 Å². The summed E-state index contributed by atoms with van der Waals surface area (Å²) in [6.07, 6.45) is 1.41. The first kappa shape index (κ1) is 15.9. The number of hydrogen-bond donors (Lipinski definition) is 1. The lowest BCUT2D eigenvalue weighted by Crippen LogP contribution is -2.38. The normalized spacial score (nSPS) is 12.0. The highest BCUT2D eigenvalue weighted by atomic mass is 19.2. The lowest BCUT2D eigenvalue weighted by molar-refractivity contribution is 0.202. The predicted octanol–water partition coefficient (Wildman–Crippen LogP) is 2.00. The van der Waals surface area contributed by atoms with Crippen LogP contribution in [-0.4, -0.2) is 32.7 Å². The molecule has 0 unspecified atom stereocenters. The van der Waals surface area contributed by atoms with Crippen molar-refractivity contribution >= 4 is 6.03 Å². The molecule has 0 aliphatic carbocycles. The molecule has 0 aliphatic rings. The number of hydrogen-bond acceptors (Lipinski definition) is 3. The Morgan fingerprint density at radius 1 is 1.41 bits per heavy atom. The van der Waals surface area contributed by atoms with Crippen molar-refractivity contribution in [2.24, 2.45) is 7.05 Å². The molecule has 1 heterocycles. The predicted molar refractivity (Wildman–Crippen MR) is 75.8 cm³/mol. The third kappa shape index (κ3) is 3.57. The molecule has 0 saturated carbocycles. The number of carbonyl (C=O) groups excluding carboxylic acids is 1. The molecule has 1 aromatic carbocycles. The minimum absolute atomic E-state index is 0.285. The second-order valence-electron chi connectivity index (χ2n) is 5.00. The van der Waals surface area contributed by atoms with Gasteiger partial charge in [-0.25, -0.2) is 18.6 Å². The number of rotatable bonds is 4. The molecule has 0 bridgehead atoms. The molecule has 0 saturated heterocycles. The van der Waals surface area contributed by atoms with Gasteiger partial charge in [-0.3, -0.25) is 4.68 Å². The van der Waals surface area contributed by atoms with Crippen LogP contribution in [0.2, 0.25) is 0 Å². The first-order chi connectivity index (χ1) is 10.4. The smallest absolute Gasteiger partial charge is 0.318 e. The summed E-state index contributed by atoms with van der Waals surface area (Å²) >= 11 is 0. The second kappa shape index (κ2) is 6.50. The van der Waals surface area contributed by atoms with Gasteiger partial charge in [0.05, 0.1) is 12.6 Å². The molecule has 8 heteroatoms. The average Bonchev–Trinajstić information content (AvgIpc) is 2.87. The summed E-state index contributed by atoms with van der Waals surface area (Å²) < 4.78 is 27.7. The Labute approximate surface area is 126 Å². The maximum Gasteiger partial charge on any atom is 0.318 e. The van der Waals surface area contributed by atoms with E-state index in [1.807, 2.05) is 0 Å². The van der Waals surface area contributed by atoms with E-state index in [-0.39, 0.29) is 12.6 Å². The van der Waals surface area contributed by atoms with Crippen LogP contribution in [0.5, 0.6) is 0 Å². The molecule has 22 heavy (non-hydrogen) atoms. The lowest BCUT2D eigenvalue weighted by Gasteiger charge is -2.21. The Morgan fingerprint density at radius 3 is 2.73 bits per heavy atom. The highest BCUT2D eigenvalue weighted by molar-refractivity contribution is 5.74. The summed E-state index contributed by atoms with van der Waals surface area (Å²) in [5.74, 6) is -1.22. The quantitative estimate of drug-likeness (QED) is 0.939. The topological polar surface area (TPSA) is 63.1 Å². The maximum absolute atomic E-state index is 13.2. The van der Waals surface area contributed by atoms with Gasteiger partial charge in [-0.15, -0.1) is 0 Å². The summed E-state index contributed by atoms with van der Waals surface area (Å²) in [6, 6.07) is 2.75. The number of amides is 2. The van der Waals surface area contributed by atoms with Crippen molar-refractivity contribution in [1.29, 1.82) is 0 Å². The van der Waals surface area contributed by atoms with E-state index < -0.39 is 17.7 Å². The molecule has 6 nitrogen and oxygen atoms in total. The van der Waals surface area contributed by atoms with E-state index >= 15 is 0 Å². The summed E-state index contributed by atoms with van der Waals surface area (Å²) in [5, 5.41) is 6.64. The number of nitrogens with zero attached hydrogens (tertiary/aromatic N) is 4. The molecule has 118 valence electrons. The number of urea groups is 1. The van der Waals surface area contributed by atoms with Gasteiger partial charge in [0.2, 0.25) is 0 Å². The van der Waals surface area contributed by atoms with Crippen molar-refractivity contribution in [2.75, 3.05) is 7.05 Å². The number of halogens is 2. The molecule has 1 aromatic heterocycles. The van der Waals surface area contributed by atoms with Crippen LogP contribution in [0.15, 0.2) is 24.5 Å². The van der Waals surface area contributed by atoms with Crippen molar-refractivity contribution in [1.82, 2.24) is 25.0 Å². The van der Waals surface area contributed by atoms with Gasteiger partial charge in [0.25, 0.3) is 0 Å². The van der Waals surface area contributed by atoms with Crippen LogP contribution in [0.1, 0.15) is 24.4 Å². The van der Waals surface area contributed by atoms with Crippen molar-refractivity contribution in [3.8, 4) is 0 Å². The number of aromatic nitrogens is 3. The molecule has 0 spiro atoms. The van der Waals surface area contributed by atoms with Gasteiger partial charge in [-0.2, -0.15) is 5.10 Å². The van der Waals surface area contributed by atoms with Crippen molar-refractivity contribution < 1.29 is 13.6 Å². The van der Waals surface area contributed by atoms with Crippen LogP contribution in [0, 0.1) is 11.6 Å². The lowest BCUT2D eigenvalue weighted by atomic mass is 10.1. The van der Waals surface area contributed by atoms with E-state index in [1.165, 1.54) is 17.3 Å². The molecule has 1 N–H and O–H groups in total. The van der Waals surface area contributed by atoms with E-state index in [2.05, 4.69) is 15.4 Å². The highest BCUT2D eigenvalue weighted by Crippen LogP contribution is 2.16. The largest absolute Gasteiger partial charge is 0.331 e. The molecular formula is C14H17F2N5O. The SMILES string of the molecule is C[C@@H](NC(=O)N(C)Cc1ncnn1C)c1ccc(F)c(F)c1. The average molecular weight is 309 g/mol. The van der Waals surface area contributed by atoms with E-state index in [0.717, 1.165) is 12.1 Å². The van der Waals surface area contributed by atoms with Crippen LogP contribution >= 0.6 is 0 Å². The maximum atomic E-state index is 13.2. The molecule has 1 atom stereocenters. The van der Waals surface area contributed by atoms with Gasteiger partial charge in [0.1, 0.15) is 12.2 Å². The summed E-state index contributed by atoms with van der Waals surface area (Å²) in [5.41, 5.74) is 0.485. The van der Waals surface area contributed by atoms with E-state index in [9.17, 15) is 13.6 Å². The first-order valence-corrected chi connectivity index (χ1v) is 6.68. The Morgan fingerprint density at radius 2 is 2.14 bits per heavy atom. The van der Waals surface area contributed by atoms with E-state index in [1.54, 1.807) is 25.7 Å². The van der Waals surface area contributed by atoms with Crippen molar-refractivity contribution in [2.45, 2.75) is 19.5 Å². The standard InChI is InChI=1S/C14H17F2N5O/c1-9(10-4-5-11(15)12(16)6-10)19-14(22)20(2)7-13-17-8-18-21(13)3/h4-6,8-9H,7H2,1-3H3,(H,19,22)/t9-/m1/s1. The summed E-state index contributed by atoms with van der Waals surface area (Å²) in [4.78, 5) is 17.6. The fourth-order valence-electron chi connectivity index (χ4n) is 1.91. The molecule has 2 amide bonds. The minimum Gasteiger partial charge on any atom is -0.331 e. The number of aryl methyl sites for hydroxylation is 1. The fraction of sp³-hybridized carbons (Fsp3) is 0.357. The Bertz CT molecular complexity index is 673. The monoisotopic (exact) mass is 309 g/mol. The molecule has 0 aliphatic heterocycles. The summed E-state index contributed by atoms with van der Waals surface area (Å²) in [7, 11) is 3.35. The minimum atomic E-state index is -0.939. The van der Waals surface area contributed by atoms with Crippen molar-refractivity contribution in [3.05, 3.63) is 47.5 Å². The van der Waals surface area contributed by atoms with Gasteiger partial charge in [0.15, 0.2) is 11.6 Å². The van der Waals surface area contributed by atoms with Gasteiger partial charge in [0, 0.05) is 14.1 Å². The molecule has 2 aromatic rings. The molecule has 0 fully saturated rings. The summed E-state index contributed by atoms with van der Waals surface area (Å²) in [6.45, 7) is 1.98. The van der Waals surface area contributed by atoms with Gasteiger partial charge >= 0.3 is 6.03 Å². The van der Waals surface area contributed by atoms with E-state index in [4.69, 9.17) is 0 Å². The Kier molecular flexibility index (Phi) is 4.69. The van der Waals surface area contributed by atoms with Gasteiger partial charge < -0.3 is 10.2 Å². The van der Waals surface area contributed by atoms with E-state index in [0.29, 0.717) is 11.4 Å². The molecule has 0 radical (unpaired) electrons. The van der Waals surface area contributed by atoms with Crippen LogP contribution in [0.4, 0.5) is 13.6 Å². The molecule has 2 rings (SSSR count).